The van der Waals surface area contributed by atoms with E-state index in [4.69, 9.17) is 0 Å². The first kappa shape index (κ1) is 18.7. The molecule has 27 heavy (non-hydrogen) atoms. The van der Waals surface area contributed by atoms with Crippen LogP contribution in [0.2, 0.25) is 0 Å². The van der Waals surface area contributed by atoms with E-state index < -0.39 is 9.84 Å². The van der Waals surface area contributed by atoms with Crippen LogP contribution in [0.3, 0.4) is 0 Å². The van der Waals surface area contributed by atoms with Gasteiger partial charge in [-0.3, -0.25) is 9.80 Å². The van der Waals surface area contributed by atoms with Gasteiger partial charge in [0, 0.05) is 25.7 Å². The van der Waals surface area contributed by atoms with Crippen LogP contribution < -0.4 is 0 Å². The van der Waals surface area contributed by atoms with E-state index in [0.717, 1.165) is 6.54 Å². The summed E-state index contributed by atoms with van der Waals surface area (Å²) in [5.74, 6) is 0.571. The molecule has 0 aromatic heterocycles. The Labute approximate surface area is 162 Å². The summed E-state index contributed by atoms with van der Waals surface area (Å²) in [4.78, 5) is 4.67. The van der Waals surface area contributed by atoms with Crippen molar-refractivity contribution in [1.29, 1.82) is 0 Å². The minimum absolute atomic E-state index is 0.285. The van der Waals surface area contributed by atoms with Crippen LogP contribution in [-0.4, -0.2) is 56.4 Å². The topological polar surface area (TPSA) is 40.6 Å². The summed E-state index contributed by atoms with van der Waals surface area (Å²) in [5, 5.41) is 0. The van der Waals surface area contributed by atoms with Gasteiger partial charge in [-0.05, 0) is 48.7 Å². The van der Waals surface area contributed by atoms with Crippen molar-refractivity contribution in [1.82, 2.24) is 9.80 Å². The average Bonchev–Trinajstić information content (AvgIpc) is 3.10. The number of nitrogens with zero attached hydrogens (tertiary/aromatic N) is 2. The molecule has 2 fully saturated rings. The molecule has 2 aliphatic rings. The molecule has 2 heterocycles. The fourth-order valence-electron chi connectivity index (χ4n) is 4.20. The molecule has 0 saturated carbocycles. The number of benzene rings is 2. The Bertz CT molecular complexity index is 862. The minimum atomic E-state index is -2.81. The van der Waals surface area contributed by atoms with Crippen molar-refractivity contribution in [3.8, 4) is 11.1 Å². The van der Waals surface area contributed by atoms with E-state index in [9.17, 15) is 8.42 Å². The first-order chi connectivity index (χ1) is 13.0. The Balaban J connectivity index is 1.40. The van der Waals surface area contributed by atoms with Gasteiger partial charge < -0.3 is 0 Å². The van der Waals surface area contributed by atoms with Crippen LogP contribution >= 0.6 is 0 Å². The zero-order valence-electron chi connectivity index (χ0n) is 16.0. The van der Waals surface area contributed by atoms with Gasteiger partial charge in [-0.2, -0.15) is 0 Å². The highest BCUT2D eigenvalue weighted by Gasteiger charge is 2.22. The zero-order valence-corrected chi connectivity index (χ0v) is 16.8. The van der Waals surface area contributed by atoms with Crippen molar-refractivity contribution in [2.45, 2.75) is 25.4 Å². The average molecular weight is 385 g/mol. The molecular weight excluding hydrogens is 356 g/mol. The molecular formula is C22H28N2O2S. The van der Waals surface area contributed by atoms with Gasteiger partial charge in [0.15, 0.2) is 9.84 Å². The molecule has 0 radical (unpaired) electrons. The fraction of sp³-hybridized carbons (Fsp3) is 0.455. The third-order valence-electron chi connectivity index (χ3n) is 5.95. The van der Waals surface area contributed by atoms with Crippen molar-refractivity contribution >= 4 is 9.84 Å². The molecule has 144 valence electrons. The number of hydrogen-bond acceptors (Lipinski definition) is 4. The Hall–Kier alpha value is -1.69. The zero-order chi connectivity index (χ0) is 18.9. The predicted molar refractivity (Wildman–Crippen MR) is 110 cm³/mol. The summed E-state index contributed by atoms with van der Waals surface area (Å²) in [5.41, 5.74) is 5.12. The van der Waals surface area contributed by atoms with E-state index in [0.29, 0.717) is 19.1 Å². The van der Waals surface area contributed by atoms with E-state index >= 15 is 0 Å². The third-order valence-corrected chi connectivity index (χ3v) is 7.56. The van der Waals surface area contributed by atoms with E-state index in [2.05, 4.69) is 65.4 Å². The van der Waals surface area contributed by atoms with Gasteiger partial charge in [-0.15, -0.1) is 0 Å². The summed E-state index contributed by atoms with van der Waals surface area (Å²) in [6.07, 6.45) is 2.54. The molecule has 0 N–H and O–H groups in total. The molecule has 5 heteroatoms. The van der Waals surface area contributed by atoms with E-state index in [1.165, 1.54) is 41.6 Å². The first-order valence-corrected chi connectivity index (χ1v) is 11.6. The Kier molecular flexibility index (Phi) is 5.35. The lowest BCUT2D eigenvalue weighted by Gasteiger charge is -2.26. The van der Waals surface area contributed by atoms with Crippen LogP contribution in [0.5, 0.6) is 0 Å². The summed E-state index contributed by atoms with van der Waals surface area (Å²) in [6, 6.07) is 18.2. The van der Waals surface area contributed by atoms with Gasteiger partial charge in [0.2, 0.25) is 0 Å². The smallest absolute Gasteiger partial charge is 0.152 e. The van der Waals surface area contributed by atoms with Gasteiger partial charge in [-0.25, -0.2) is 8.42 Å². The molecule has 2 saturated heterocycles. The molecule has 4 rings (SSSR count). The Morgan fingerprint density at radius 3 is 2.04 bits per heavy atom. The van der Waals surface area contributed by atoms with Crippen LogP contribution in [0, 0.1) is 0 Å². The van der Waals surface area contributed by atoms with Crippen LogP contribution in [0.25, 0.3) is 11.1 Å². The van der Waals surface area contributed by atoms with E-state index in [-0.39, 0.29) is 11.5 Å². The van der Waals surface area contributed by atoms with E-state index in [1.807, 2.05) is 0 Å². The van der Waals surface area contributed by atoms with Crippen molar-refractivity contribution in [2.75, 3.05) is 38.2 Å². The van der Waals surface area contributed by atoms with Crippen LogP contribution in [0.15, 0.2) is 48.5 Å². The lowest BCUT2D eigenvalue weighted by atomic mass is 9.99. The maximum atomic E-state index is 11.5. The van der Waals surface area contributed by atoms with Crippen LogP contribution in [-0.2, 0) is 16.4 Å². The molecule has 2 aliphatic heterocycles. The minimum Gasteiger partial charge on any atom is -0.299 e. The lowest BCUT2D eigenvalue weighted by molar-refractivity contribution is 0.287. The highest BCUT2D eigenvalue weighted by Crippen LogP contribution is 2.31. The Morgan fingerprint density at radius 1 is 0.889 bits per heavy atom. The maximum absolute atomic E-state index is 11.5. The molecule has 4 nitrogen and oxygen atoms in total. The lowest BCUT2D eigenvalue weighted by Crippen LogP contribution is -2.39. The molecule has 1 unspecified atom stereocenters. The van der Waals surface area contributed by atoms with Crippen molar-refractivity contribution in [2.24, 2.45) is 0 Å². The number of likely N-dealkylation sites (tertiary alicyclic amines) is 1. The molecule has 0 amide bonds. The molecule has 2 aromatic carbocycles. The van der Waals surface area contributed by atoms with Gasteiger partial charge in [0.25, 0.3) is 0 Å². The third kappa shape index (κ3) is 4.42. The molecule has 0 spiro atoms. The summed E-state index contributed by atoms with van der Waals surface area (Å²) >= 11 is 0. The highest BCUT2D eigenvalue weighted by atomic mass is 32.2. The summed E-state index contributed by atoms with van der Waals surface area (Å²) in [7, 11) is -0.598. The standard InChI is InChI=1S/C22H28N2O2S/c1-23-12-2-3-22(23)21-10-8-20(9-11-21)19-6-4-18(5-7-19)17-24-13-15-27(25,26)16-14-24/h4-11,22H,2-3,12-17H2,1H3. The predicted octanol–water partition coefficient (Wildman–Crippen LogP) is 3.35. The van der Waals surface area contributed by atoms with Crippen LogP contribution in [0.1, 0.15) is 30.0 Å². The highest BCUT2D eigenvalue weighted by molar-refractivity contribution is 7.91. The van der Waals surface area contributed by atoms with Gasteiger partial charge >= 0.3 is 0 Å². The largest absolute Gasteiger partial charge is 0.299 e. The quantitative estimate of drug-likeness (QED) is 0.811. The number of rotatable bonds is 4. The van der Waals surface area contributed by atoms with Crippen LogP contribution in [0.4, 0.5) is 0 Å². The maximum Gasteiger partial charge on any atom is 0.152 e. The second-order valence-corrected chi connectivity index (χ2v) is 10.2. The van der Waals surface area contributed by atoms with Crippen molar-refractivity contribution in [3.63, 3.8) is 0 Å². The van der Waals surface area contributed by atoms with E-state index in [1.54, 1.807) is 0 Å². The number of sulfone groups is 1. The monoisotopic (exact) mass is 384 g/mol. The normalized spacial score (nSPS) is 23.5. The van der Waals surface area contributed by atoms with Crippen molar-refractivity contribution < 1.29 is 8.42 Å². The summed E-state index contributed by atoms with van der Waals surface area (Å²) < 4.78 is 23.1. The number of hydrogen-bond donors (Lipinski definition) is 0. The molecule has 1 atom stereocenters. The molecule has 0 bridgehead atoms. The van der Waals surface area contributed by atoms with Gasteiger partial charge in [0.1, 0.15) is 0 Å². The fourth-order valence-corrected chi connectivity index (χ4v) is 5.48. The Morgan fingerprint density at radius 2 is 1.48 bits per heavy atom. The second-order valence-electron chi connectivity index (χ2n) is 7.89. The SMILES string of the molecule is CN1CCCC1c1ccc(-c2ccc(CN3CCS(=O)(=O)CC3)cc2)cc1. The van der Waals surface area contributed by atoms with Gasteiger partial charge in [0.05, 0.1) is 11.5 Å². The molecule has 0 aliphatic carbocycles. The second kappa shape index (κ2) is 7.74. The summed E-state index contributed by atoms with van der Waals surface area (Å²) in [6.45, 7) is 3.29. The van der Waals surface area contributed by atoms with Crippen molar-refractivity contribution in [3.05, 3.63) is 59.7 Å². The molecule has 2 aromatic rings. The first-order valence-electron chi connectivity index (χ1n) is 9.82. The van der Waals surface area contributed by atoms with Gasteiger partial charge in [-0.1, -0.05) is 48.5 Å².